The zero-order chi connectivity index (χ0) is 12.0. The summed E-state index contributed by atoms with van der Waals surface area (Å²) in [6.45, 7) is 4.71. The van der Waals surface area contributed by atoms with Crippen LogP contribution in [0.1, 0.15) is 27.2 Å². The molecule has 0 aliphatic heterocycles. The van der Waals surface area contributed by atoms with Crippen molar-refractivity contribution in [3.05, 3.63) is 0 Å². The normalized spacial score (nSPS) is 20.0. The molecule has 0 amide bonds. The number of hydrogen-bond donors (Lipinski definition) is 4. The Kier molecular flexibility index (Phi) is 7.04. The third-order valence-electron chi connectivity index (χ3n) is 2.14. The molecular weight excluding hydrogens is 200 g/mol. The van der Waals surface area contributed by atoms with E-state index >= 15 is 0 Å². The van der Waals surface area contributed by atoms with Gasteiger partial charge in [0.1, 0.15) is 18.3 Å². The van der Waals surface area contributed by atoms with E-state index in [9.17, 15) is 15.3 Å². The van der Waals surface area contributed by atoms with Gasteiger partial charge in [0.15, 0.2) is 0 Å². The lowest BCUT2D eigenvalue weighted by Gasteiger charge is -2.30. The fourth-order valence-corrected chi connectivity index (χ4v) is 1.28. The van der Waals surface area contributed by atoms with Crippen molar-refractivity contribution in [2.45, 2.75) is 57.7 Å². The molecule has 5 nitrogen and oxygen atoms in total. The molecule has 15 heavy (non-hydrogen) atoms. The van der Waals surface area contributed by atoms with Gasteiger partial charge in [-0.2, -0.15) is 0 Å². The van der Waals surface area contributed by atoms with Crippen LogP contribution in [0.15, 0.2) is 0 Å². The van der Waals surface area contributed by atoms with Crippen molar-refractivity contribution in [3.63, 3.8) is 0 Å². The molecule has 0 saturated heterocycles. The predicted molar refractivity (Wildman–Crippen MR) is 55.4 cm³/mol. The van der Waals surface area contributed by atoms with Crippen LogP contribution < -0.4 is 0 Å². The summed E-state index contributed by atoms with van der Waals surface area (Å²) in [7, 11) is 0. The minimum Gasteiger partial charge on any atom is -0.394 e. The Bertz CT molecular complexity index is 162. The average Bonchev–Trinajstić information content (AvgIpc) is 2.22. The largest absolute Gasteiger partial charge is 0.394 e. The summed E-state index contributed by atoms with van der Waals surface area (Å²) >= 11 is 0. The molecule has 5 heteroatoms. The lowest BCUT2D eigenvalue weighted by molar-refractivity contribution is -0.157. The lowest BCUT2D eigenvalue weighted by Crippen LogP contribution is -2.48. The molecule has 0 rings (SSSR count). The van der Waals surface area contributed by atoms with E-state index in [-0.39, 0.29) is 6.10 Å². The van der Waals surface area contributed by atoms with Crippen LogP contribution >= 0.6 is 0 Å². The highest BCUT2D eigenvalue weighted by Gasteiger charge is 2.32. The molecule has 4 N–H and O–H groups in total. The molecule has 0 spiro atoms. The predicted octanol–water partition coefficient (Wildman–Crippen LogP) is -0.735. The van der Waals surface area contributed by atoms with E-state index in [1.807, 2.05) is 0 Å². The Balaban J connectivity index is 4.46. The number of aliphatic hydroxyl groups is 4. The average molecular weight is 222 g/mol. The van der Waals surface area contributed by atoms with E-state index in [1.165, 1.54) is 0 Å². The second-order valence-electron chi connectivity index (χ2n) is 3.87. The lowest BCUT2D eigenvalue weighted by atomic mass is 10.0. The van der Waals surface area contributed by atoms with E-state index in [4.69, 9.17) is 9.84 Å². The van der Waals surface area contributed by atoms with Crippen LogP contribution in [-0.4, -0.2) is 57.6 Å². The Hall–Kier alpha value is -0.200. The molecular formula is C10H22O5. The molecule has 0 aliphatic rings. The Morgan fingerprint density at radius 2 is 1.60 bits per heavy atom. The molecule has 4 atom stereocenters. The van der Waals surface area contributed by atoms with E-state index in [1.54, 1.807) is 20.8 Å². The summed E-state index contributed by atoms with van der Waals surface area (Å²) < 4.78 is 5.27. The van der Waals surface area contributed by atoms with Gasteiger partial charge in [-0.15, -0.1) is 0 Å². The first-order valence-electron chi connectivity index (χ1n) is 5.24. The second kappa shape index (κ2) is 7.14. The maximum absolute atomic E-state index is 9.68. The third-order valence-corrected chi connectivity index (χ3v) is 2.14. The van der Waals surface area contributed by atoms with Gasteiger partial charge in [0.2, 0.25) is 0 Å². The maximum atomic E-state index is 9.68. The van der Waals surface area contributed by atoms with Crippen molar-refractivity contribution in [3.8, 4) is 0 Å². The zero-order valence-corrected chi connectivity index (χ0v) is 9.50. The molecule has 2 unspecified atom stereocenters. The summed E-state index contributed by atoms with van der Waals surface area (Å²) in [5.74, 6) is 0. The topological polar surface area (TPSA) is 90.2 Å². The van der Waals surface area contributed by atoms with E-state index in [0.717, 1.165) is 0 Å². The summed E-state index contributed by atoms with van der Waals surface area (Å²) in [5, 5.41) is 37.3. The maximum Gasteiger partial charge on any atom is 0.114 e. The first-order valence-corrected chi connectivity index (χ1v) is 5.24. The second-order valence-corrected chi connectivity index (χ2v) is 3.87. The van der Waals surface area contributed by atoms with Crippen molar-refractivity contribution >= 4 is 0 Å². The molecule has 0 aliphatic carbocycles. The fourth-order valence-electron chi connectivity index (χ4n) is 1.28. The van der Waals surface area contributed by atoms with Crippen LogP contribution in [0.4, 0.5) is 0 Å². The Morgan fingerprint density at radius 3 is 1.93 bits per heavy atom. The molecule has 0 heterocycles. The molecule has 0 aromatic heterocycles. The van der Waals surface area contributed by atoms with Crippen LogP contribution in [0.5, 0.6) is 0 Å². The molecule has 0 radical (unpaired) electrons. The van der Waals surface area contributed by atoms with Crippen molar-refractivity contribution in [1.82, 2.24) is 0 Å². The minimum atomic E-state index is -1.19. The van der Waals surface area contributed by atoms with Gasteiger partial charge in [-0.05, 0) is 20.3 Å². The summed E-state index contributed by atoms with van der Waals surface area (Å²) in [4.78, 5) is 0. The first-order chi connectivity index (χ1) is 6.93. The molecule has 0 aromatic rings. The van der Waals surface area contributed by atoms with Crippen LogP contribution in [0.2, 0.25) is 0 Å². The van der Waals surface area contributed by atoms with E-state index < -0.39 is 31.0 Å². The highest BCUT2D eigenvalue weighted by molar-refractivity contribution is 4.82. The van der Waals surface area contributed by atoms with E-state index in [2.05, 4.69) is 0 Å². The molecule has 92 valence electrons. The molecule has 0 fully saturated rings. The van der Waals surface area contributed by atoms with Crippen molar-refractivity contribution in [2.75, 3.05) is 6.61 Å². The van der Waals surface area contributed by atoms with Gasteiger partial charge >= 0.3 is 0 Å². The Labute approximate surface area is 90.3 Å². The summed E-state index contributed by atoms with van der Waals surface area (Å²) in [6, 6.07) is 0. The van der Waals surface area contributed by atoms with Gasteiger partial charge in [-0.1, -0.05) is 6.92 Å². The van der Waals surface area contributed by atoms with Gasteiger partial charge in [0, 0.05) is 0 Å². The number of ether oxygens (including phenoxy) is 1. The SMILES string of the molecule is CCC(O)[C@@H](O)[C@H](OC(C)C)C(O)CO. The fraction of sp³-hybridized carbons (Fsp3) is 1.00. The van der Waals surface area contributed by atoms with Crippen LogP contribution in [0.25, 0.3) is 0 Å². The zero-order valence-electron chi connectivity index (χ0n) is 9.50. The van der Waals surface area contributed by atoms with Gasteiger partial charge in [-0.3, -0.25) is 0 Å². The van der Waals surface area contributed by atoms with Crippen LogP contribution in [-0.2, 0) is 4.74 Å². The van der Waals surface area contributed by atoms with Crippen molar-refractivity contribution in [2.24, 2.45) is 0 Å². The smallest absolute Gasteiger partial charge is 0.114 e. The van der Waals surface area contributed by atoms with Crippen LogP contribution in [0.3, 0.4) is 0 Å². The Morgan fingerprint density at radius 1 is 1.07 bits per heavy atom. The van der Waals surface area contributed by atoms with Crippen molar-refractivity contribution in [1.29, 1.82) is 0 Å². The van der Waals surface area contributed by atoms with E-state index in [0.29, 0.717) is 6.42 Å². The molecule has 0 bridgehead atoms. The van der Waals surface area contributed by atoms with Gasteiger partial charge < -0.3 is 25.2 Å². The quantitative estimate of drug-likeness (QED) is 0.456. The summed E-state index contributed by atoms with van der Waals surface area (Å²) in [5.41, 5.74) is 0. The highest BCUT2D eigenvalue weighted by atomic mass is 16.5. The van der Waals surface area contributed by atoms with Crippen LogP contribution in [0, 0.1) is 0 Å². The first kappa shape index (κ1) is 14.8. The van der Waals surface area contributed by atoms with Gasteiger partial charge in [0.05, 0.1) is 18.8 Å². The number of rotatable bonds is 7. The van der Waals surface area contributed by atoms with Crippen molar-refractivity contribution < 1.29 is 25.2 Å². The standard InChI is InChI=1S/C10H22O5/c1-4-7(12)9(14)10(8(13)5-11)15-6(2)3/h6-14H,4-5H2,1-3H3/t7?,8?,9-,10-/m1/s1. The highest BCUT2D eigenvalue weighted by Crippen LogP contribution is 2.13. The third kappa shape index (κ3) is 4.90. The molecule has 0 aromatic carbocycles. The van der Waals surface area contributed by atoms with Gasteiger partial charge in [0.25, 0.3) is 0 Å². The summed E-state index contributed by atoms with van der Waals surface area (Å²) in [6.07, 6.45) is -4.16. The number of hydrogen-bond acceptors (Lipinski definition) is 5. The minimum absolute atomic E-state index is 0.199. The van der Waals surface area contributed by atoms with Gasteiger partial charge in [-0.25, -0.2) is 0 Å². The monoisotopic (exact) mass is 222 g/mol. The number of aliphatic hydroxyl groups excluding tert-OH is 4. The molecule has 0 saturated carbocycles.